The van der Waals surface area contributed by atoms with Gasteiger partial charge in [-0.15, -0.1) is 0 Å². The Bertz CT molecular complexity index is 1070. The van der Waals surface area contributed by atoms with Gasteiger partial charge in [0.1, 0.15) is 11.7 Å². The largest absolute Gasteiger partial charge is 0.478 e. The van der Waals surface area contributed by atoms with E-state index in [-0.39, 0.29) is 31.3 Å². The minimum atomic E-state index is -1.15. The van der Waals surface area contributed by atoms with Gasteiger partial charge in [0, 0.05) is 18.7 Å². The van der Waals surface area contributed by atoms with Crippen molar-refractivity contribution >= 4 is 23.7 Å². The fraction of sp³-hybridized carbons (Fsp3) is 0.448. The van der Waals surface area contributed by atoms with Crippen LogP contribution in [0.3, 0.4) is 0 Å². The molecule has 2 rings (SSSR count). The molecule has 212 valence electrons. The van der Waals surface area contributed by atoms with Gasteiger partial charge in [0.25, 0.3) is 5.91 Å². The first-order valence-electron chi connectivity index (χ1n) is 13.2. The molecule has 2 aromatic rings. The fourth-order valence-corrected chi connectivity index (χ4v) is 4.04. The predicted octanol–water partition coefficient (Wildman–Crippen LogP) is 3.69. The van der Waals surface area contributed by atoms with Crippen LogP contribution in [0.2, 0.25) is 0 Å². The van der Waals surface area contributed by atoms with E-state index >= 15 is 0 Å². The van der Waals surface area contributed by atoms with E-state index in [1.54, 1.807) is 59.5 Å². The van der Waals surface area contributed by atoms with E-state index in [1.165, 1.54) is 5.48 Å². The summed E-state index contributed by atoms with van der Waals surface area (Å²) < 4.78 is 5.71. The molecule has 10 heteroatoms. The Morgan fingerprint density at radius 3 is 2.18 bits per heavy atom. The number of rotatable bonds is 16. The zero-order valence-electron chi connectivity index (χ0n) is 22.8. The lowest BCUT2D eigenvalue weighted by Crippen LogP contribution is -2.45. The summed E-state index contributed by atoms with van der Waals surface area (Å²) in [5.41, 5.74) is 2.85. The van der Waals surface area contributed by atoms with Gasteiger partial charge in [-0.05, 0) is 36.5 Å². The van der Waals surface area contributed by atoms with Crippen molar-refractivity contribution in [3.05, 3.63) is 65.7 Å². The molecule has 2 unspecified atom stereocenters. The van der Waals surface area contributed by atoms with Crippen LogP contribution in [0, 0.1) is 11.8 Å². The number of benzene rings is 2. The number of carboxylic acids is 1. The SMILES string of the molecule is CCCCCN(Cc1ccc(OC(C(=O)O)c2ccccc2)cc1)C(=O)CNC(=O)C(CC(C)C)C(=O)NO. The van der Waals surface area contributed by atoms with E-state index in [0.717, 1.165) is 24.8 Å². The average molecular weight is 542 g/mol. The van der Waals surface area contributed by atoms with Gasteiger partial charge in [-0.2, -0.15) is 0 Å². The summed E-state index contributed by atoms with van der Waals surface area (Å²) in [6.07, 6.45) is 1.78. The van der Waals surface area contributed by atoms with Crippen molar-refractivity contribution < 1.29 is 34.2 Å². The standard InChI is InChI=1S/C29H39N3O7/c1-4-5-9-16-32(25(33)18-30-27(34)24(17-20(2)3)28(35)31-38)19-21-12-14-23(15-13-21)39-26(29(36)37)22-10-7-6-8-11-22/h6-8,10-15,20,24,26,38H,4-5,9,16-19H2,1-3H3,(H,30,34)(H,31,35)(H,36,37). The van der Waals surface area contributed by atoms with Crippen LogP contribution >= 0.6 is 0 Å². The zero-order chi connectivity index (χ0) is 28.8. The number of aliphatic carboxylic acids is 1. The molecule has 0 fully saturated rings. The smallest absolute Gasteiger partial charge is 0.349 e. The molecule has 0 bridgehead atoms. The monoisotopic (exact) mass is 541 g/mol. The Labute approximate surface area is 229 Å². The second-order valence-corrected chi connectivity index (χ2v) is 9.79. The van der Waals surface area contributed by atoms with Gasteiger partial charge in [0.05, 0.1) is 6.54 Å². The molecule has 39 heavy (non-hydrogen) atoms. The number of carboxylic acid groups (broad SMARTS) is 1. The number of hydroxylamine groups is 1. The molecular formula is C29H39N3O7. The van der Waals surface area contributed by atoms with Gasteiger partial charge in [0.2, 0.25) is 17.9 Å². The van der Waals surface area contributed by atoms with Gasteiger partial charge in [-0.1, -0.05) is 76.1 Å². The van der Waals surface area contributed by atoms with E-state index in [0.29, 0.717) is 17.9 Å². The molecule has 0 radical (unpaired) electrons. The van der Waals surface area contributed by atoms with Crippen molar-refractivity contribution in [2.45, 2.75) is 59.1 Å². The molecular weight excluding hydrogens is 502 g/mol. The van der Waals surface area contributed by atoms with Crippen molar-refractivity contribution in [1.29, 1.82) is 0 Å². The first-order chi connectivity index (χ1) is 18.7. The van der Waals surface area contributed by atoms with Crippen LogP contribution in [0.15, 0.2) is 54.6 Å². The van der Waals surface area contributed by atoms with Crippen LogP contribution in [0.1, 0.15) is 63.7 Å². The van der Waals surface area contributed by atoms with Crippen LogP contribution in [0.4, 0.5) is 0 Å². The number of hydrogen-bond donors (Lipinski definition) is 4. The summed E-state index contributed by atoms with van der Waals surface area (Å²) in [4.78, 5) is 51.0. The summed E-state index contributed by atoms with van der Waals surface area (Å²) in [6, 6.07) is 15.5. The maximum Gasteiger partial charge on any atom is 0.349 e. The number of unbranched alkanes of at least 4 members (excludes halogenated alkanes) is 2. The molecule has 0 saturated heterocycles. The van der Waals surface area contributed by atoms with Crippen molar-refractivity contribution in [3.63, 3.8) is 0 Å². The molecule has 0 spiro atoms. The number of amides is 3. The quantitative estimate of drug-likeness (QED) is 0.110. The van der Waals surface area contributed by atoms with E-state index in [4.69, 9.17) is 9.94 Å². The highest BCUT2D eigenvalue weighted by Crippen LogP contribution is 2.23. The summed E-state index contributed by atoms with van der Waals surface area (Å²) in [5, 5.41) is 21.1. The second kappa shape index (κ2) is 16.1. The van der Waals surface area contributed by atoms with Gasteiger partial charge < -0.3 is 20.1 Å². The number of carbonyl (C=O) groups is 4. The third kappa shape index (κ3) is 10.4. The Morgan fingerprint density at radius 1 is 0.949 bits per heavy atom. The topological polar surface area (TPSA) is 145 Å². The Morgan fingerprint density at radius 2 is 1.62 bits per heavy atom. The lowest BCUT2D eigenvalue weighted by molar-refractivity contribution is -0.145. The lowest BCUT2D eigenvalue weighted by atomic mass is 9.95. The minimum absolute atomic E-state index is 0.0321. The maximum atomic E-state index is 13.0. The van der Waals surface area contributed by atoms with Gasteiger partial charge in [-0.25, -0.2) is 10.3 Å². The summed E-state index contributed by atoms with van der Waals surface area (Å²) in [7, 11) is 0. The lowest BCUT2D eigenvalue weighted by Gasteiger charge is -2.24. The van der Waals surface area contributed by atoms with E-state index in [1.807, 2.05) is 13.8 Å². The van der Waals surface area contributed by atoms with Crippen LogP contribution in [0.5, 0.6) is 5.75 Å². The van der Waals surface area contributed by atoms with Crippen molar-refractivity contribution in [1.82, 2.24) is 15.7 Å². The molecule has 0 heterocycles. The van der Waals surface area contributed by atoms with Crippen LogP contribution < -0.4 is 15.5 Å². The number of carbonyl (C=O) groups excluding carboxylic acids is 3. The van der Waals surface area contributed by atoms with Crippen molar-refractivity contribution in [3.8, 4) is 5.75 Å². The van der Waals surface area contributed by atoms with E-state index < -0.39 is 29.8 Å². The second-order valence-electron chi connectivity index (χ2n) is 9.79. The molecule has 2 atom stereocenters. The van der Waals surface area contributed by atoms with Crippen molar-refractivity contribution in [2.75, 3.05) is 13.1 Å². The molecule has 0 saturated carbocycles. The molecule has 4 N–H and O–H groups in total. The first-order valence-corrected chi connectivity index (χ1v) is 13.2. The summed E-state index contributed by atoms with van der Waals surface area (Å²) in [6.45, 7) is 6.26. The maximum absolute atomic E-state index is 13.0. The third-order valence-electron chi connectivity index (χ3n) is 6.13. The first kappa shape index (κ1) is 31.3. The van der Waals surface area contributed by atoms with Crippen LogP contribution in [0.25, 0.3) is 0 Å². The molecule has 3 amide bonds. The highest BCUT2D eigenvalue weighted by molar-refractivity contribution is 6.00. The van der Waals surface area contributed by atoms with E-state index in [9.17, 15) is 24.3 Å². The van der Waals surface area contributed by atoms with Gasteiger partial charge in [-0.3, -0.25) is 19.6 Å². The minimum Gasteiger partial charge on any atom is -0.478 e. The number of nitrogens with one attached hydrogen (secondary N) is 2. The van der Waals surface area contributed by atoms with Gasteiger partial charge >= 0.3 is 5.97 Å². The Hall–Kier alpha value is -3.92. The molecule has 2 aromatic carbocycles. The number of hydrogen-bond acceptors (Lipinski definition) is 6. The molecule has 0 aliphatic rings. The third-order valence-corrected chi connectivity index (χ3v) is 6.13. The molecule has 0 aliphatic carbocycles. The zero-order valence-corrected chi connectivity index (χ0v) is 22.8. The number of ether oxygens (including phenoxy) is 1. The Kier molecular flexibility index (Phi) is 12.9. The normalized spacial score (nSPS) is 12.3. The molecule has 0 aromatic heterocycles. The molecule has 10 nitrogen and oxygen atoms in total. The van der Waals surface area contributed by atoms with Gasteiger partial charge in [0.15, 0.2) is 0 Å². The average Bonchev–Trinajstić information content (AvgIpc) is 2.93. The summed E-state index contributed by atoms with van der Waals surface area (Å²) in [5.74, 6) is -3.53. The predicted molar refractivity (Wildman–Crippen MR) is 145 cm³/mol. The molecule has 0 aliphatic heterocycles. The number of nitrogens with zero attached hydrogens (tertiary/aromatic N) is 1. The van der Waals surface area contributed by atoms with Crippen LogP contribution in [-0.2, 0) is 25.7 Å². The van der Waals surface area contributed by atoms with Crippen molar-refractivity contribution in [2.24, 2.45) is 11.8 Å². The van der Waals surface area contributed by atoms with Crippen LogP contribution in [-0.4, -0.2) is 52.0 Å². The summed E-state index contributed by atoms with van der Waals surface area (Å²) >= 11 is 0. The van der Waals surface area contributed by atoms with E-state index in [2.05, 4.69) is 12.2 Å². The fourth-order valence-electron chi connectivity index (χ4n) is 4.04. The highest BCUT2D eigenvalue weighted by Gasteiger charge is 2.28. The highest BCUT2D eigenvalue weighted by atomic mass is 16.5. The Balaban J connectivity index is 2.07.